The molecule has 0 aliphatic heterocycles. The Labute approximate surface area is 121 Å². The molecule has 1 amide bonds. The molecule has 0 aliphatic rings. The molecule has 0 bridgehead atoms. The molecule has 19 heavy (non-hydrogen) atoms. The number of thiophene rings is 1. The summed E-state index contributed by atoms with van der Waals surface area (Å²) < 4.78 is 0. The van der Waals surface area contributed by atoms with E-state index in [-0.39, 0.29) is 18.5 Å². The number of rotatable bonds is 5. The fourth-order valence-corrected chi connectivity index (χ4v) is 2.50. The molecule has 3 nitrogen and oxygen atoms in total. The molecular formula is C14H15ClN2OS. The van der Waals surface area contributed by atoms with E-state index < -0.39 is 0 Å². The van der Waals surface area contributed by atoms with Crippen LogP contribution in [-0.4, -0.2) is 12.5 Å². The van der Waals surface area contributed by atoms with E-state index in [0.717, 1.165) is 5.69 Å². The average Bonchev–Trinajstić information content (AvgIpc) is 2.93. The topological polar surface area (TPSA) is 41.1 Å². The number of nitrogens with one attached hydrogen (secondary N) is 2. The van der Waals surface area contributed by atoms with Crippen molar-refractivity contribution < 1.29 is 4.79 Å². The van der Waals surface area contributed by atoms with Crippen LogP contribution in [-0.2, 0) is 4.79 Å². The van der Waals surface area contributed by atoms with Crippen LogP contribution >= 0.6 is 22.9 Å². The van der Waals surface area contributed by atoms with Crippen LogP contribution in [0.3, 0.4) is 0 Å². The molecular weight excluding hydrogens is 280 g/mol. The Morgan fingerprint density at radius 3 is 2.68 bits per heavy atom. The van der Waals surface area contributed by atoms with Crippen LogP contribution in [0.4, 0.5) is 5.69 Å². The molecule has 100 valence electrons. The Balaban J connectivity index is 1.80. The number of hydrogen-bond donors (Lipinski definition) is 2. The Kier molecular flexibility index (Phi) is 4.96. The lowest BCUT2D eigenvalue weighted by Crippen LogP contribution is -2.29. The van der Waals surface area contributed by atoms with Gasteiger partial charge in [0.05, 0.1) is 6.54 Å². The lowest BCUT2D eigenvalue weighted by atomic mass is 10.2. The Morgan fingerprint density at radius 1 is 1.32 bits per heavy atom. The van der Waals surface area contributed by atoms with Crippen molar-refractivity contribution in [2.75, 3.05) is 11.9 Å². The van der Waals surface area contributed by atoms with E-state index in [1.165, 1.54) is 5.56 Å². The summed E-state index contributed by atoms with van der Waals surface area (Å²) in [6, 6.07) is 9.28. The van der Waals surface area contributed by atoms with Gasteiger partial charge in [-0.2, -0.15) is 11.3 Å². The first-order chi connectivity index (χ1) is 9.15. The second kappa shape index (κ2) is 6.70. The number of hydrogen-bond acceptors (Lipinski definition) is 3. The Morgan fingerprint density at radius 2 is 2.05 bits per heavy atom. The Bertz CT molecular complexity index is 525. The summed E-state index contributed by atoms with van der Waals surface area (Å²) in [4.78, 5) is 11.8. The zero-order chi connectivity index (χ0) is 13.7. The van der Waals surface area contributed by atoms with Gasteiger partial charge in [-0.3, -0.25) is 4.79 Å². The van der Waals surface area contributed by atoms with Crippen molar-refractivity contribution in [2.24, 2.45) is 0 Å². The van der Waals surface area contributed by atoms with Crippen LogP contribution in [0.5, 0.6) is 0 Å². The van der Waals surface area contributed by atoms with E-state index in [1.54, 1.807) is 35.6 Å². The van der Waals surface area contributed by atoms with Gasteiger partial charge in [-0.1, -0.05) is 11.6 Å². The van der Waals surface area contributed by atoms with Crippen molar-refractivity contribution in [2.45, 2.75) is 13.0 Å². The highest BCUT2D eigenvalue weighted by molar-refractivity contribution is 7.07. The standard InChI is InChI=1S/C14H15ClN2OS/c1-10(11-6-7-19-9-11)16-8-14(18)17-13-4-2-12(15)3-5-13/h2-7,9-10,16H,8H2,1H3,(H,17,18). The molecule has 1 heterocycles. The molecule has 0 radical (unpaired) electrons. The fraction of sp³-hybridized carbons (Fsp3) is 0.214. The first kappa shape index (κ1) is 14.1. The van der Waals surface area contributed by atoms with E-state index >= 15 is 0 Å². The largest absolute Gasteiger partial charge is 0.325 e. The summed E-state index contributed by atoms with van der Waals surface area (Å²) in [7, 11) is 0. The predicted octanol–water partition coefficient (Wildman–Crippen LogP) is 3.69. The number of anilines is 1. The summed E-state index contributed by atoms with van der Waals surface area (Å²) in [6.07, 6.45) is 0. The van der Waals surface area contributed by atoms with Crippen LogP contribution in [0.1, 0.15) is 18.5 Å². The van der Waals surface area contributed by atoms with E-state index in [9.17, 15) is 4.79 Å². The SMILES string of the molecule is CC(NCC(=O)Nc1ccc(Cl)cc1)c1ccsc1. The van der Waals surface area contributed by atoms with E-state index in [1.807, 2.05) is 12.3 Å². The van der Waals surface area contributed by atoms with Crippen molar-refractivity contribution in [1.29, 1.82) is 0 Å². The fourth-order valence-electron chi connectivity index (χ4n) is 1.62. The maximum absolute atomic E-state index is 11.8. The molecule has 2 aromatic rings. The minimum Gasteiger partial charge on any atom is -0.325 e. The molecule has 1 aromatic carbocycles. The quantitative estimate of drug-likeness (QED) is 0.883. The van der Waals surface area contributed by atoms with Gasteiger partial charge in [0.2, 0.25) is 5.91 Å². The van der Waals surface area contributed by atoms with Gasteiger partial charge in [-0.15, -0.1) is 0 Å². The van der Waals surface area contributed by atoms with Crippen LogP contribution in [0, 0.1) is 0 Å². The molecule has 2 N–H and O–H groups in total. The summed E-state index contributed by atoms with van der Waals surface area (Å²) in [6.45, 7) is 2.32. The van der Waals surface area contributed by atoms with E-state index in [2.05, 4.69) is 22.1 Å². The van der Waals surface area contributed by atoms with Crippen molar-refractivity contribution in [1.82, 2.24) is 5.32 Å². The van der Waals surface area contributed by atoms with Gasteiger partial charge in [-0.05, 0) is 53.6 Å². The van der Waals surface area contributed by atoms with Gasteiger partial charge in [0.1, 0.15) is 0 Å². The molecule has 0 spiro atoms. The molecule has 1 unspecified atom stereocenters. The Hall–Kier alpha value is -1.36. The molecule has 0 saturated carbocycles. The van der Waals surface area contributed by atoms with Gasteiger partial charge in [0, 0.05) is 16.8 Å². The average molecular weight is 295 g/mol. The third-order valence-electron chi connectivity index (χ3n) is 2.74. The summed E-state index contributed by atoms with van der Waals surface area (Å²) in [5.74, 6) is -0.0654. The zero-order valence-corrected chi connectivity index (χ0v) is 12.1. The minimum atomic E-state index is -0.0654. The summed E-state index contributed by atoms with van der Waals surface area (Å²) >= 11 is 7.44. The number of halogens is 1. The smallest absolute Gasteiger partial charge is 0.238 e. The monoisotopic (exact) mass is 294 g/mol. The summed E-state index contributed by atoms with van der Waals surface area (Å²) in [5, 5.41) is 10.8. The van der Waals surface area contributed by atoms with Crippen molar-refractivity contribution in [3.63, 3.8) is 0 Å². The van der Waals surface area contributed by atoms with Gasteiger partial charge < -0.3 is 10.6 Å². The van der Waals surface area contributed by atoms with Gasteiger partial charge in [-0.25, -0.2) is 0 Å². The van der Waals surface area contributed by atoms with E-state index in [4.69, 9.17) is 11.6 Å². The molecule has 5 heteroatoms. The molecule has 0 fully saturated rings. The maximum Gasteiger partial charge on any atom is 0.238 e. The highest BCUT2D eigenvalue weighted by Crippen LogP contribution is 2.15. The molecule has 1 atom stereocenters. The second-order valence-corrected chi connectivity index (χ2v) is 5.43. The van der Waals surface area contributed by atoms with Gasteiger partial charge in [0.25, 0.3) is 0 Å². The van der Waals surface area contributed by atoms with Gasteiger partial charge in [0.15, 0.2) is 0 Å². The number of carbonyl (C=O) groups is 1. The summed E-state index contributed by atoms with van der Waals surface area (Å²) in [5.41, 5.74) is 1.95. The molecule has 1 aromatic heterocycles. The first-order valence-corrected chi connectivity index (χ1v) is 7.28. The van der Waals surface area contributed by atoms with Crippen LogP contribution in [0.2, 0.25) is 5.02 Å². The third-order valence-corrected chi connectivity index (χ3v) is 3.69. The number of amides is 1. The highest BCUT2D eigenvalue weighted by Gasteiger charge is 2.08. The second-order valence-electron chi connectivity index (χ2n) is 4.21. The highest BCUT2D eigenvalue weighted by atomic mass is 35.5. The first-order valence-electron chi connectivity index (χ1n) is 5.96. The van der Waals surface area contributed by atoms with Crippen molar-refractivity contribution in [3.8, 4) is 0 Å². The van der Waals surface area contributed by atoms with Crippen LogP contribution in [0.15, 0.2) is 41.1 Å². The predicted molar refractivity (Wildman–Crippen MR) is 80.8 cm³/mol. The van der Waals surface area contributed by atoms with E-state index in [0.29, 0.717) is 5.02 Å². The van der Waals surface area contributed by atoms with Crippen LogP contribution in [0.25, 0.3) is 0 Å². The molecule has 0 aliphatic carbocycles. The lowest BCUT2D eigenvalue weighted by molar-refractivity contribution is -0.115. The minimum absolute atomic E-state index is 0.0654. The normalized spacial score (nSPS) is 12.1. The van der Waals surface area contributed by atoms with Crippen LogP contribution < -0.4 is 10.6 Å². The molecule has 0 saturated heterocycles. The van der Waals surface area contributed by atoms with Crippen molar-refractivity contribution in [3.05, 3.63) is 51.7 Å². The number of benzene rings is 1. The molecule has 2 rings (SSSR count). The maximum atomic E-state index is 11.8. The third kappa shape index (κ3) is 4.35. The van der Waals surface area contributed by atoms with Crippen molar-refractivity contribution >= 4 is 34.5 Å². The number of carbonyl (C=O) groups excluding carboxylic acids is 1. The lowest BCUT2D eigenvalue weighted by Gasteiger charge is -2.12. The zero-order valence-electron chi connectivity index (χ0n) is 10.5. The van der Waals surface area contributed by atoms with Gasteiger partial charge >= 0.3 is 0 Å².